The fourth-order valence-corrected chi connectivity index (χ4v) is 5.33. The highest BCUT2D eigenvalue weighted by Gasteiger charge is 2.24. The predicted molar refractivity (Wildman–Crippen MR) is 136 cm³/mol. The van der Waals surface area contributed by atoms with E-state index in [4.69, 9.17) is 11.6 Å². The van der Waals surface area contributed by atoms with E-state index in [0.29, 0.717) is 10.4 Å². The van der Waals surface area contributed by atoms with Crippen LogP contribution in [0.2, 0.25) is 5.02 Å². The van der Waals surface area contributed by atoms with Gasteiger partial charge in [0, 0.05) is 10.9 Å². The lowest BCUT2D eigenvalue weighted by molar-refractivity contribution is 0.628. The molecule has 0 spiro atoms. The summed E-state index contributed by atoms with van der Waals surface area (Å²) in [5.74, 6) is -0.632. The molecular weight excluding hydrogens is 487 g/mol. The second-order valence-corrected chi connectivity index (χ2v) is 9.38. The van der Waals surface area contributed by atoms with E-state index in [1.807, 2.05) is 36.4 Å². The number of aryl methyl sites for hydroxylation is 1. The van der Waals surface area contributed by atoms with Gasteiger partial charge in [0.05, 0.1) is 39.1 Å². The summed E-state index contributed by atoms with van der Waals surface area (Å²) in [5.41, 5.74) is 0.469. The lowest BCUT2D eigenvalue weighted by atomic mass is 10.0. The molecule has 0 atom stereocenters. The van der Waals surface area contributed by atoms with E-state index in [-0.39, 0.29) is 28.5 Å². The molecule has 9 heteroatoms. The summed E-state index contributed by atoms with van der Waals surface area (Å²) in [6.07, 6.45) is 3.02. The van der Waals surface area contributed by atoms with Crippen LogP contribution in [-0.4, -0.2) is 14.1 Å². The number of hydrogen-bond acceptors (Lipinski definition) is 5. The number of rotatable bonds is 4. The van der Waals surface area contributed by atoms with Crippen molar-refractivity contribution in [2.24, 2.45) is 0 Å². The minimum atomic E-state index is -0.673. The Morgan fingerprint density at radius 2 is 1.91 bits per heavy atom. The smallest absolute Gasteiger partial charge is 0.278 e. The minimum Gasteiger partial charge on any atom is -0.278 e. The van der Waals surface area contributed by atoms with Crippen LogP contribution < -0.4 is 11.2 Å². The van der Waals surface area contributed by atoms with Crippen LogP contribution in [-0.2, 0) is 6.54 Å². The van der Waals surface area contributed by atoms with Gasteiger partial charge in [-0.2, -0.15) is 5.26 Å². The van der Waals surface area contributed by atoms with Crippen molar-refractivity contribution in [1.82, 2.24) is 14.1 Å². The summed E-state index contributed by atoms with van der Waals surface area (Å²) in [6.45, 7) is 1.49. The molecule has 6 nitrogen and oxygen atoms in total. The minimum absolute atomic E-state index is 0.134. The standard InChI is InChI=1S/C26H16ClFN4O2S/c1-15-10-18(14-30-13-15)32-25(33)23(17-6-7-20(28)19(27)11-17)24(31(9-8-29)26(32)34)22-12-16-4-2-3-5-21(16)35-22/h2-7,10-14H,9H2,1H3. The van der Waals surface area contributed by atoms with E-state index < -0.39 is 17.1 Å². The zero-order chi connectivity index (χ0) is 24.7. The van der Waals surface area contributed by atoms with E-state index in [0.717, 1.165) is 20.2 Å². The first-order valence-corrected chi connectivity index (χ1v) is 11.7. The van der Waals surface area contributed by atoms with Crippen molar-refractivity contribution in [3.05, 3.63) is 104 Å². The Balaban J connectivity index is 1.96. The second-order valence-electron chi connectivity index (χ2n) is 7.89. The van der Waals surface area contributed by atoms with Gasteiger partial charge in [-0.05, 0) is 53.8 Å². The van der Waals surface area contributed by atoms with E-state index in [1.165, 1.54) is 40.3 Å². The van der Waals surface area contributed by atoms with Crippen molar-refractivity contribution in [2.75, 3.05) is 0 Å². The predicted octanol–water partition coefficient (Wildman–Crippen LogP) is 5.57. The summed E-state index contributed by atoms with van der Waals surface area (Å²) < 4.78 is 17.2. The fourth-order valence-electron chi connectivity index (χ4n) is 4.02. The van der Waals surface area contributed by atoms with Crippen LogP contribution in [0.25, 0.3) is 37.5 Å². The summed E-state index contributed by atoms with van der Waals surface area (Å²) in [7, 11) is 0. The number of benzene rings is 2. The molecule has 0 aliphatic rings. The number of hydrogen-bond donors (Lipinski definition) is 0. The Morgan fingerprint density at radius 3 is 2.63 bits per heavy atom. The fraction of sp³-hybridized carbons (Fsp3) is 0.0769. The van der Waals surface area contributed by atoms with Crippen molar-refractivity contribution in [3.8, 4) is 33.5 Å². The Labute approximate surface area is 207 Å². The average Bonchev–Trinajstić information content (AvgIpc) is 3.26. The van der Waals surface area contributed by atoms with E-state index in [9.17, 15) is 19.2 Å². The molecule has 0 aliphatic carbocycles. The number of halogens is 2. The number of aromatic nitrogens is 3. The Kier molecular flexibility index (Phi) is 5.81. The molecular formula is C26H16ClFN4O2S. The van der Waals surface area contributed by atoms with Gasteiger partial charge in [-0.15, -0.1) is 11.3 Å². The maximum Gasteiger partial charge on any atom is 0.337 e. The zero-order valence-electron chi connectivity index (χ0n) is 18.3. The number of nitrogens with zero attached hydrogens (tertiary/aromatic N) is 4. The first kappa shape index (κ1) is 22.7. The SMILES string of the molecule is Cc1cncc(-n2c(=O)c(-c3ccc(F)c(Cl)c3)c(-c3cc4ccccc4s3)n(CC#N)c2=O)c1. The maximum absolute atomic E-state index is 14.0. The molecule has 0 N–H and O–H groups in total. The topological polar surface area (TPSA) is 80.7 Å². The molecule has 3 heterocycles. The second kappa shape index (κ2) is 8.95. The molecule has 0 aliphatic heterocycles. The highest BCUT2D eigenvalue weighted by Crippen LogP contribution is 2.38. The van der Waals surface area contributed by atoms with E-state index in [2.05, 4.69) is 4.98 Å². The van der Waals surface area contributed by atoms with Gasteiger partial charge < -0.3 is 0 Å². The molecule has 0 saturated heterocycles. The molecule has 0 fully saturated rings. The Bertz CT molecular complexity index is 1750. The van der Waals surface area contributed by atoms with Gasteiger partial charge in [0.25, 0.3) is 5.56 Å². The van der Waals surface area contributed by atoms with Gasteiger partial charge in [-0.1, -0.05) is 35.9 Å². The van der Waals surface area contributed by atoms with Gasteiger partial charge in [0.2, 0.25) is 0 Å². The van der Waals surface area contributed by atoms with Crippen LogP contribution in [0.3, 0.4) is 0 Å². The molecule has 0 radical (unpaired) electrons. The van der Waals surface area contributed by atoms with Crippen molar-refractivity contribution in [3.63, 3.8) is 0 Å². The lowest BCUT2D eigenvalue weighted by Gasteiger charge is -2.18. The van der Waals surface area contributed by atoms with Crippen molar-refractivity contribution < 1.29 is 4.39 Å². The van der Waals surface area contributed by atoms with E-state index in [1.54, 1.807) is 19.2 Å². The average molecular weight is 503 g/mol. The first-order chi connectivity index (χ1) is 16.9. The molecule has 0 unspecified atom stereocenters. The molecule has 5 aromatic rings. The number of nitriles is 1. The third-order valence-corrected chi connectivity index (χ3v) is 6.97. The van der Waals surface area contributed by atoms with Crippen LogP contribution >= 0.6 is 22.9 Å². The van der Waals surface area contributed by atoms with Crippen LogP contribution in [0.4, 0.5) is 4.39 Å². The molecule has 5 rings (SSSR count). The first-order valence-electron chi connectivity index (χ1n) is 10.5. The lowest BCUT2D eigenvalue weighted by Crippen LogP contribution is -2.40. The van der Waals surface area contributed by atoms with Crippen LogP contribution in [0.1, 0.15) is 5.56 Å². The van der Waals surface area contributed by atoms with Gasteiger partial charge in [0.15, 0.2) is 0 Å². The summed E-state index contributed by atoms with van der Waals surface area (Å²) >= 11 is 7.47. The van der Waals surface area contributed by atoms with Crippen molar-refractivity contribution in [1.29, 1.82) is 5.26 Å². The number of fused-ring (bicyclic) bond motifs is 1. The molecule has 172 valence electrons. The maximum atomic E-state index is 14.0. The largest absolute Gasteiger partial charge is 0.337 e. The Hall–Kier alpha value is -4.06. The molecule has 0 saturated carbocycles. The zero-order valence-corrected chi connectivity index (χ0v) is 19.9. The van der Waals surface area contributed by atoms with Crippen LogP contribution in [0.5, 0.6) is 0 Å². The monoisotopic (exact) mass is 502 g/mol. The normalized spacial score (nSPS) is 11.0. The highest BCUT2D eigenvalue weighted by atomic mass is 35.5. The van der Waals surface area contributed by atoms with Gasteiger partial charge in [-0.3, -0.25) is 14.3 Å². The number of thiophene rings is 1. The summed E-state index contributed by atoms with van der Waals surface area (Å²) in [6, 6.07) is 17.2. The number of pyridine rings is 1. The molecule has 2 aromatic carbocycles. The van der Waals surface area contributed by atoms with Gasteiger partial charge in [-0.25, -0.2) is 13.8 Å². The van der Waals surface area contributed by atoms with Gasteiger partial charge in [0.1, 0.15) is 12.4 Å². The van der Waals surface area contributed by atoms with E-state index >= 15 is 0 Å². The van der Waals surface area contributed by atoms with Crippen LogP contribution in [0.15, 0.2) is 76.6 Å². The highest BCUT2D eigenvalue weighted by molar-refractivity contribution is 7.22. The molecule has 35 heavy (non-hydrogen) atoms. The quantitative estimate of drug-likeness (QED) is 0.322. The summed E-state index contributed by atoms with van der Waals surface area (Å²) in [5, 5.41) is 10.4. The summed E-state index contributed by atoms with van der Waals surface area (Å²) in [4.78, 5) is 32.4. The van der Waals surface area contributed by atoms with Gasteiger partial charge >= 0.3 is 5.69 Å². The molecule has 0 bridgehead atoms. The molecule has 3 aromatic heterocycles. The third kappa shape index (κ3) is 3.95. The van der Waals surface area contributed by atoms with Crippen LogP contribution in [0, 0.1) is 24.1 Å². The van der Waals surface area contributed by atoms with Crippen molar-refractivity contribution in [2.45, 2.75) is 13.5 Å². The van der Waals surface area contributed by atoms with Crippen molar-refractivity contribution >= 4 is 33.0 Å². The Morgan fingerprint density at radius 1 is 1.11 bits per heavy atom. The third-order valence-electron chi connectivity index (χ3n) is 5.56. The molecule has 0 amide bonds.